The maximum absolute atomic E-state index is 11.4. The van der Waals surface area contributed by atoms with Crippen LogP contribution in [0.1, 0.15) is 5.56 Å². The van der Waals surface area contributed by atoms with Crippen LogP contribution >= 0.6 is 15.9 Å². The lowest BCUT2D eigenvalue weighted by atomic mass is 10.2. The molecule has 1 atom stereocenters. The number of nitrogens with one attached hydrogen (secondary N) is 2. The second-order valence-electron chi connectivity index (χ2n) is 3.65. The van der Waals surface area contributed by atoms with Gasteiger partial charge in [0.25, 0.3) is 0 Å². The molecule has 4 N–H and O–H groups in total. The van der Waals surface area contributed by atoms with Gasteiger partial charge in [0.2, 0.25) is 0 Å². The van der Waals surface area contributed by atoms with Crippen LogP contribution < -0.4 is 10.6 Å². The van der Waals surface area contributed by atoms with Crippen molar-refractivity contribution < 1.29 is 15.0 Å². The van der Waals surface area contributed by atoms with Crippen LogP contribution in [0.25, 0.3) is 0 Å². The zero-order chi connectivity index (χ0) is 12.8. The highest BCUT2D eigenvalue weighted by molar-refractivity contribution is 9.10. The van der Waals surface area contributed by atoms with Crippen LogP contribution in [0.3, 0.4) is 0 Å². The van der Waals surface area contributed by atoms with Gasteiger partial charge in [0.05, 0.1) is 18.4 Å². The summed E-state index contributed by atoms with van der Waals surface area (Å²) in [5.41, 5.74) is 1.73. The molecule has 2 amide bonds. The van der Waals surface area contributed by atoms with Crippen molar-refractivity contribution in [2.24, 2.45) is 0 Å². The van der Waals surface area contributed by atoms with Crippen molar-refractivity contribution in [3.8, 4) is 0 Å². The minimum Gasteiger partial charge on any atom is -0.394 e. The number of urea groups is 1. The fraction of sp³-hybridized carbons (Fsp3) is 0.364. The highest BCUT2D eigenvalue weighted by Crippen LogP contribution is 2.23. The number of aliphatic hydroxyl groups excluding tert-OH is 2. The first kappa shape index (κ1) is 14.0. The Labute approximate surface area is 108 Å². The van der Waals surface area contributed by atoms with Crippen molar-refractivity contribution in [3.63, 3.8) is 0 Å². The van der Waals surface area contributed by atoms with E-state index >= 15 is 0 Å². The van der Waals surface area contributed by atoms with Gasteiger partial charge in [0, 0.05) is 11.0 Å². The lowest BCUT2D eigenvalue weighted by Crippen LogP contribution is -2.36. The first-order valence-corrected chi connectivity index (χ1v) is 5.92. The zero-order valence-corrected chi connectivity index (χ0v) is 11.0. The molecule has 0 spiro atoms. The van der Waals surface area contributed by atoms with E-state index in [0.29, 0.717) is 5.69 Å². The molecule has 0 aliphatic carbocycles. The van der Waals surface area contributed by atoms with Gasteiger partial charge in [0.15, 0.2) is 0 Å². The number of hydrogen-bond donors (Lipinski definition) is 4. The largest absolute Gasteiger partial charge is 0.394 e. The van der Waals surface area contributed by atoms with Crippen molar-refractivity contribution >= 4 is 27.6 Å². The van der Waals surface area contributed by atoms with Crippen molar-refractivity contribution in [2.45, 2.75) is 13.0 Å². The molecule has 0 radical (unpaired) electrons. The third-order valence-corrected chi connectivity index (χ3v) is 2.74. The molecule has 0 aliphatic heterocycles. The molecule has 6 heteroatoms. The molecule has 1 unspecified atom stereocenters. The third kappa shape index (κ3) is 4.72. The van der Waals surface area contributed by atoms with Gasteiger partial charge in [-0.05, 0) is 40.5 Å². The van der Waals surface area contributed by atoms with Gasteiger partial charge < -0.3 is 20.8 Å². The van der Waals surface area contributed by atoms with E-state index in [-0.39, 0.29) is 13.2 Å². The monoisotopic (exact) mass is 302 g/mol. The van der Waals surface area contributed by atoms with Crippen molar-refractivity contribution in [2.75, 3.05) is 18.5 Å². The summed E-state index contributed by atoms with van der Waals surface area (Å²) in [4.78, 5) is 11.4. The number of rotatable bonds is 4. The summed E-state index contributed by atoms with van der Waals surface area (Å²) in [7, 11) is 0. The first-order valence-electron chi connectivity index (χ1n) is 5.13. The summed E-state index contributed by atoms with van der Waals surface area (Å²) in [6.45, 7) is 1.58. The minimum atomic E-state index is -0.942. The Balaban J connectivity index is 2.50. The van der Waals surface area contributed by atoms with Crippen LogP contribution in [0.5, 0.6) is 0 Å². The zero-order valence-electron chi connectivity index (χ0n) is 9.40. The fourth-order valence-corrected chi connectivity index (χ4v) is 1.76. The van der Waals surface area contributed by atoms with Crippen molar-refractivity contribution in [3.05, 3.63) is 28.2 Å². The van der Waals surface area contributed by atoms with Gasteiger partial charge >= 0.3 is 6.03 Å². The van der Waals surface area contributed by atoms with Crippen LogP contribution in [0.4, 0.5) is 10.5 Å². The summed E-state index contributed by atoms with van der Waals surface area (Å²) in [5, 5.41) is 22.7. The smallest absolute Gasteiger partial charge is 0.319 e. The Kier molecular flexibility index (Phi) is 5.40. The van der Waals surface area contributed by atoms with Gasteiger partial charge in [-0.1, -0.05) is 6.07 Å². The SMILES string of the molecule is Cc1ccc(NC(=O)NCC(O)CO)c(Br)c1. The quantitative estimate of drug-likeness (QED) is 0.675. The predicted molar refractivity (Wildman–Crippen MR) is 69.0 cm³/mol. The maximum Gasteiger partial charge on any atom is 0.319 e. The van der Waals surface area contributed by atoms with E-state index in [4.69, 9.17) is 10.2 Å². The Morgan fingerprint density at radius 1 is 1.53 bits per heavy atom. The topological polar surface area (TPSA) is 81.6 Å². The molecule has 0 fully saturated rings. The molecule has 1 rings (SSSR count). The lowest BCUT2D eigenvalue weighted by Gasteiger charge is -2.11. The van der Waals surface area contributed by atoms with Crippen molar-refractivity contribution in [1.29, 1.82) is 0 Å². The summed E-state index contributed by atoms with van der Waals surface area (Å²) in [5.74, 6) is 0. The van der Waals surface area contributed by atoms with Gasteiger partial charge in [-0.15, -0.1) is 0 Å². The Morgan fingerprint density at radius 2 is 2.24 bits per heavy atom. The van der Waals surface area contributed by atoms with Gasteiger partial charge in [-0.25, -0.2) is 4.79 Å². The Morgan fingerprint density at radius 3 is 2.82 bits per heavy atom. The molecule has 94 valence electrons. The Hall–Kier alpha value is -1.11. The van der Waals surface area contributed by atoms with E-state index < -0.39 is 12.1 Å². The Bertz CT molecular complexity index is 398. The van der Waals surface area contributed by atoms with Crippen LogP contribution in [-0.2, 0) is 0 Å². The minimum absolute atomic E-state index is 0.00577. The molecule has 0 aliphatic rings. The second kappa shape index (κ2) is 6.58. The number of halogens is 1. The van der Waals surface area contributed by atoms with E-state index in [1.165, 1.54) is 0 Å². The standard InChI is InChI=1S/C11H15BrN2O3/c1-7-2-3-10(9(12)4-7)14-11(17)13-5-8(16)6-15/h2-4,8,15-16H,5-6H2,1H3,(H2,13,14,17). The van der Waals surface area contributed by atoms with Gasteiger partial charge in [0.1, 0.15) is 0 Å². The molecule has 0 aromatic heterocycles. The number of aliphatic hydroxyl groups is 2. The van der Waals surface area contributed by atoms with Crippen LogP contribution in [-0.4, -0.2) is 35.5 Å². The predicted octanol–water partition coefficient (Wildman–Crippen LogP) is 1.23. The summed E-state index contributed by atoms with van der Waals surface area (Å²) in [6.07, 6.45) is -0.942. The lowest BCUT2D eigenvalue weighted by molar-refractivity contribution is 0.0965. The number of benzene rings is 1. The van der Waals surface area contributed by atoms with E-state index in [0.717, 1.165) is 10.0 Å². The molecule has 0 heterocycles. The summed E-state index contributed by atoms with van der Waals surface area (Å²) >= 11 is 3.34. The number of amides is 2. The van der Waals surface area contributed by atoms with Crippen molar-refractivity contribution in [1.82, 2.24) is 5.32 Å². The molecular formula is C11H15BrN2O3. The maximum atomic E-state index is 11.4. The molecule has 1 aromatic rings. The van der Waals surface area contributed by atoms with Gasteiger partial charge in [-0.2, -0.15) is 0 Å². The third-order valence-electron chi connectivity index (χ3n) is 2.08. The summed E-state index contributed by atoms with van der Waals surface area (Å²) in [6, 6.07) is 5.12. The van der Waals surface area contributed by atoms with Crippen LogP contribution in [0.15, 0.2) is 22.7 Å². The molecule has 0 saturated carbocycles. The number of aryl methyl sites for hydroxylation is 1. The van der Waals surface area contributed by atoms with E-state index in [2.05, 4.69) is 26.6 Å². The molecule has 5 nitrogen and oxygen atoms in total. The number of carbonyl (C=O) groups is 1. The first-order chi connectivity index (χ1) is 8.02. The highest BCUT2D eigenvalue weighted by Gasteiger charge is 2.07. The van der Waals surface area contributed by atoms with E-state index in [9.17, 15) is 4.79 Å². The average molecular weight is 303 g/mol. The molecule has 17 heavy (non-hydrogen) atoms. The highest BCUT2D eigenvalue weighted by atomic mass is 79.9. The number of anilines is 1. The van der Waals surface area contributed by atoms with E-state index in [1.807, 2.05) is 19.1 Å². The van der Waals surface area contributed by atoms with E-state index in [1.54, 1.807) is 6.07 Å². The fourth-order valence-electron chi connectivity index (χ4n) is 1.16. The van der Waals surface area contributed by atoms with Gasteiger partial charge in [-0.3, -0.25) is 0 Å². The molecule has 0 saturated heterocycles. The molecular weight excluding hydrogens is 288 g/mol. The van der Waals surface area contributed by atoms with Crippen LogP contribution in [0, 0.1) is 6.92 Å². The molecule has 1 aromatic carbocycles. The molecule has 0 bridgehead atoms. The second-order valence-corrected chi connectivity index (χ2v) is 4.51. The summed E-state index contributed by atoms with van der Waals surface area (Å²) < 4.78 is 0.787. The number of carbonyl (C=O) groups excluding carboxylic acids is 1. The van der Waals surface area contributed by atoms with Crippen LogP contribution in [0.2, 0.25) is 0 Å². The average Bonchev–Trinajstić information content (AvgIpc) is 2.29. The number of hydrogen-bond acceptors (Lipinski definition) is 3. The normalized spacial score (nSPS) is 12.0.